The molecule has 0 bridgehead atoms. The van der Waals surface area contributed by atoms with Crippen LogP contribution in [0.15, 0.2) is 11.2 Å². The molecule has 0 aromatic carbocycles. The number of oxime groups is 1. The SMILES string of the molecule is NC(=NO)C1CCCN(C(=O)c2cc3c(s2)CCCC3)C1. The van der Waals surface area contributed by atoms with Crippen molar-refractivity contribution in [2.24, 2.45) is 16.8 Å². The molecule has 114 valence electrons. The van der Waals surface area contributed by atoms with Crippen LogP contribution in [-0.4, -0.2) is 34.9 Å². The van der Waals surface area contributed by atoms with Gasteiger partial charge in [-0.2, -0.15) is 0 Å². The molecule has 1 aromatic rings. The fourth-order valence-corrected chi connectivity index (χ4v) is 4.46. The Morgan fingerprint density at radius 1 is 1.38 bits per heavy atom. The minimum Gasteiger partial charge on any atom is -0.409 e. The Labute approximate surface area is 128 Å². The number of nitrogens with zero attached hydrogens (tertiary/aromatic N) is 2. The molecule has 1 atom stereocenters. The van der Waals surface area contributed by atoms with Crippen molar-refractivity contribution >= 4 is 23.1 Å². The van der Waals surface area contributed by atoms with Gasteiger partial charge in [0.05, 0.1) is 4.88 Å². The average Bonchev–Trinajstić information content (AvgIpc) is 2.97. The van der Waals surface area contributed by atoms with Crippen molar-refractivity contribution in [2.75, 3.05) is 13.1 Å². The Balaban J connectivity index is 1.74. The lowest BCUT2D eigenvalue weighted by Crippen LogP contribution is -2.44. The van der Waals surface area contributed by atoms with E-state index < -0.39 is 0 Å². The van der Waals surface area contributed by atoms with Gasteiger partial charge in [0.25, 0.3) is 5.91 Å². The Bertz CT molecular complexity index is 544. The van der Waals surface area contributed by atoms with E-state index >= 15 is 0 Å². The molecule has 0 radical (unpaired) electrons. The first kappa shape index (κ1) is 14.4. The lowest BCUT2D eigenvalue weighted by atomic mass is 9.96. The molecule has 1 fully saturated rings. The molecule has 1 amide bonds. The van der Waals surface area contributed by atoms with E-state index in [0.29, 0.717) is 6.54 Å². The van der Waals surface area contributed by atoms with Crippen LogP contribution in [0.2, 0.25) is 0 Å². The number of likely N-dealkylation sites (tertiary alicyclic amines) is 1. The summed E-state index contributed by atoms with van der Waals surface area (Å²) >= 11 is 1.65. The first-order chi connectivity index (χ1) is 10.2. The summed E-state index contributed by atoms with van der Waals surface area (Å²) in [7, 11) is 0. The average molecular weight is 307 g/mol. The number of hydrogen-bond acceptors (Lipinski definition) is 4. The van der Waals surface area contributed by atoms with Gasteiger partial charge in [0.1, 0.15) is 5.84 Å². The third kappa shape index (κ3) is 2.90. The summed E-state index contributed by atoms with van der Waals surface area (Å²) in [4.78, 5) is 16.8. The van der Waals surface area contributed by atoms with Crippen molar-refractivity contribution in [1.29, 1.82) is 0 Å². The van der Waals surface area contributed by atoms with E-state index in [2.05, 4.69) is 11.2 Å². The Morgan fingerprint density at radius 3 is 2.95 bits per heavy atom. The fraction of sp³-hybridized carbons (Fsp3) is 0.600. The summed E-state index contributed by atoms with van der Waals surface area (Å²) in [5, 5.41) is 11.9. The normalized spacial score (nSPS) is 23.0. The molecule has 1 aliphatic heterocycles. The first-order valence-electron chi connectivity index (χ1n) is 7.57. The third-order valence-electron chi connectivity index (χ3n) is 4.45. The highest BCUT2D eigenvalue weighted by Crippen LogP contribution is 2.31. The summed E-state index contributed by atoms with van der Waals surface area (Å²) in [6, 6.07) is 2.08. The number of nitrogens with two attached hydrogens (primary N) is 1. The number of rotatable bonds is 2. The van der Waals surface area contributed by atoms with E-state index in [1.807, 2.05) is 4.90 Å². The molecule has 6 heteroatoms. The summed E-state index contributed by atoms with van der Waals surface area (Å²) in [5.41, 5.74) is 7.05. The van der Waals surface area contributed by atoms with Gasteiger partial charge < -0.3 is 15.8 Å². The summed E-state index contributed by atoms with van der Waals surface area (Å²) in [6.07, 6.45) is 6.45. The monoisotopic (exact) mass is 307 g/mol. The van der Waals surface area contributed by atoms with Gasteiger partial charge in [-0.15, -0.1) is 11.3 Å². The van der Waals surface area contributed by atoms with E-state index in [0.717, 1.165) is 37.1 Å². The van der Waals surface area contributed by atoms with Crippen molar-refractivity contribution < 1.29 is 10.0 Å². The van der Waals surface area contributed by atoms with Crippen molar-refractivity contribution in [2.45, 2.75) is 38.5 Å². The topological polar surface area (TPSA) is 78.9 Å². The van der Waals surface area contributed by atoms with Crippen molar-refractivity contribution in [3.8, 4) is 0 Å². The Morgan fingerprint density at radius 2 is 2.19 bits per heavy atom. The van der Waals surface area contributed by atoms with Gasteiger partial charge in [-0.25, -0.2) is 0 Å². The third-order valence-corrected chi connectivity index (χ3v) is 5.67. The summed E-state index contributed by atoms with van der Waals surface area (Å²) in [6.45, 7) is 1.31. The van der Waals surface area contributed by atoms with Gasteiger partial charge in [0.2, 0.25) is 0 Å². The van der Waals surface area contributed by atoms with Gasteiger partial charge in [-0.05, 0) is 50.2 Å². The van der Waals surface area contributed by atoms with Crippen LogP contribution in [0.3, 0.4) is 0 Å². The molecule has 21 heavy (non-hydrogen) atoms. The zero-order valence-electron chi connectivity index (χ0n) is 12.0. The minimum absolute atomic E-state index is 0.0257. The molecular formula is C15H21N3O2S. The number of amidine groups is 1. The number of piperidine rings is 1. The molecule has 3 N–H and O–H groups in total. The van der Waals surface area contributed by atoms with Crippen LogP contribution < -0.4 is 5.73 Å². The number of thiophene rings is 1. The maximum absolute atomic E-state index is 12.7. The quantitative estimate of drug-likeness (QED) is 0.380. The minimum atomic E-state index is -0.0257. The second-order valence-electron chi connectivity index (χ2n) is 5.88. The summed E-state index contributed by atoms with van der Waals surface area (Å²) < 4.78 is 0. The maximum Gasteiger partial charge on any atom is 0.263 e. The molecule has 0 spiro atoms. The van der Waals surface area contributed by atoms with Crippen molar-refractivity contribution in [1.82, 2.24) is 4.90 Å². The van der Waals surface area contributed by atoms with Crippen LogP contribution in [-0.2, 0) is 12.8 Å². The van der Waals surface area contributed by atoms with Crippen LogP contribution in [0.25, 0.3) is 0 Å². The summed E-state index contributed by atoms with van der Waals surface area (Å²) in [5.74, 6) is 0.310. The van der Waals surface area contributed by atoms with E-state index in [1.54, 1.807) is 11.3 Å². The molecule has 1 saturated heterocycles. The highest BCUT2D eigenvalue weighted by molar-refractivity contribution is 7.14. The highest BCUT2D eigenvalue weighted by atomic mass is 32.1. The fourth-order valence-electron chi connectivity index (χ4n) is 3.24. The lowest BCUT2D eigenvalue weighted by molar-refractivity contribution is 0.0706. The van der Waals surface area contributed by atoms with Crippen LogP contribution in [0.4, 0.5) is 0 Å². The first-order valence-corrected chi connectivity index (χ1v) is 8.39. The smallest absolute Gasteiger partial charge is 0.263 e. The number of carbonyl (C=O) groups is 1. The van der Waals surface area contributed by atoms with E-state index in [9.17, 15) is 4.79 Å². The van der Waals surface area contributed by atoms with E-state index in [4.69, 9.17) is 10.9 Å². The zero-order chi connectivity index (χ0) is 14.8. The molecule has 0 saturated carbocycles. The predicted octanol–water partition coefficient (Wildman–Crippen LogP) is 2.23. The maximum atomic E-state index is 12.7. The van der Waals surface area contributed by atoms with Crippen LogP contribution in [0, 0.1) is 5.92 Å². The number of fused-ring (bicyclic) bond motifs is 1. The number of aryl methyl sites for hydroxylation is 2. The van der Waals surface area contributed by atoms with Gasteiger partial charge >= 0.3 is 0 Å². The number of carbonyl (C=O) groups excluding carboxylic acids is 1. The molecule has 2 aliphatic rings. The van der Waals surface area contributed by atoms with Crippen LogP contribution in [0.5, 0.6) is 0 Å². The molecule has 1 aliphatic carbocycles. The standard InChI is InChI=1S/C15H21N3O2S/c16-14(17-20)11-5-3-7-18(9-11)15(19)13-8-10-4-1-2-6-12(10)21-13/h8,11,20H,1-7,9H2,(H2,16,17). The van der Waals surface area contributed by atoms with Gasteiger partial charge in [-0.1, -0.05) is 5.16 Å². The highest BCUT2D eigenvalue weighted by Gasteiger charge is 2.28. The molecular weight excluding hydrogens is 286 g/mol. The van der Waals surface area contributed by atoms with Gasteiger partial charge in [0.15, 0.2) is 0 Å². The molecule has 5 nitrogen and oxygen atoms in total. The second-order valence-corrected chi connectivity index (χ2v) is 7.02. The zero-order valence-corrected chi connectivity index (χ0v) is 12.9. The Hall–Kier alpha value is -1.56. The molecule has 1 aromatic heterocycles. The van der Waals surface area contributed by atoms with Crippen molar-refractivity contribution in [3.63, 3.8) is 0 Å². The van der Waals surface area contributed by atoms with Crippen LogP contribution in [0.1, 0.15) is 45.8 Å². The van der Waals surface area contributed by atoms with E-state index in [1.165, 1.54) is 23.3 Å². The lowest BCUT2D eigenvalue weighted by Gasteiger charge is -2.31. The van der Waals surface area contributed by atoms with Crippen LogP contribution >= 0.6 is 11.3 Å². The van der Waals surface area contributed by atoms with Crippen molar-refractivity contribution in [3.05, 3.63) is 21.4 Å². The van der Waals surface area contributed by atoms with E-state index in [-0.39, 0.29) is 17.7 Å². The predicted molar refractivity (Wildman–Crippen MR) is 83.0 cm³/mol. The molecule has 2 heterocycles. The number of amides is 1. The largest absolute Gasteiger partial charge is 0.409 e. The van der Waals surface area contributed by atoms with Gasteiger partial charge in [-0.3, -0.25) is 4.79 Å². The molecule has 1 unspecified atom stereocenters. The number of hydrogen-bond donors (Lipinski definition) is 2. The molecule has 3 rings (SSSR count). The van der Waals surface area contributed by atoms with Gasteiger partial charge in [0, 0.05) is 23.9 Å². The Kier molecular flexibility index (Phi) is 4.14. The second kappa shape index (κ2) is 6.05.